The molecular weight excluding hydrogens is 304 g/mol. The van der Waals surface area contributed by atoms with Crippen LogP contribution in [0.4, 0.5) is 9.93 Å². The maximum Gasteiger partial charge on any atom is 0.410 e. The van der Waals surface area contributed by atoms with E-state index in [2.05, 4.69) is 14.3 Å². The zero-order valence-electron chi connectivity index (χ0n) is 13.8. The van der Waals surface area contributed by atoms with Gasteiger partial charge in [0.15, 0.2) is 5.82 Å². The highest BCUT2D eigenvalue weighted by atomic mass is 32.1. The Labute approximate surface area is 135 Å². The number of carbonyl (C=O) groups is 1. The average molecular weight is 328 g/mol. The SMILES string of the molecule is COCc1nsc(N2CCN(C(=O)OC(C)(C)C)[C@H](C)C2)n1. The molecule has 1 aromatic rings. The molecule has 124 valence electrons. The molecule has 7 nitrogen and oxygen atoms in total. The zero-order valence-corrected chi connectivity index (χ0v) is 14.6. The van der Waals surface area contributed by atoms with E-state index in [0.717, 1.165) is 18.2 Å². The molecule has 22 heavy (non-hydrogen) atoms. The molecule has 0 bridgehead atoms. The number of ether oxygens (including phenoxy) is 2. The highest BCUT2D eigenvalue weighted by Crippen LogP contribution is 2.22. The summed E-state index contributed by atoms with van der Waals surface area (Å²) >= 11 is 1.37. The van der Waals surface area contributed by atoms with Gasteiger partial charge in [-0.3, -0.25) is 0 Å². The van der Waals surface area contributed by atoms with Gasteiger partial charge in [-0.15, -0.1) is 0 Å². The third-order valence-corrected chi connectivity index (χ3v) is 4.07. The molecule has 1 aliphatic rings. The van der Waals surface area contributed by atoms with Crippen molar-refractivity contribution in [2.24, 2.45) is 0 Å². The molecule has 1 saturated heterocycles. The lowest BCUT2D eigenvalue weighted by Gasteiger charge is -2.39. The summed E-state index contributed by atoms with van der Waals surface area (Å²) in [6.45, 7) is 10.2. The molecule has 1 fully saturated rings. The number of anilines is 1. The Morgan fingerprint density at radius 1 is 1.41 bits per heavy atom. The summed E-state index contributed by atoms with van der Waals surface area (Å²) < 4.78 is 14.8. The lowest BCUT2D eigenvalue weighted by molar-refractivity contribution is 0.0159. The predicted molar refractivity (Wildman–Crippen MR) is 85.2 cm³/mol. The summed E-state index contributed by atoms with van der Waals surface area (Å²) in [5.74, 6) is 0.699. The van der Waals surface area contributed by atoms with Crippen LogP contribution in [0.25, 0.3) is 0 Å². The zero-order chi connectivity index (χ0) is 16.3. The Bertz CT molecular complexity index is 514. The van der Waals surface area contributed by atoms with Gasteiger partial charge in [0.05, 0.1) is 0 Å². The molecule has 0 aromatic carbocycles. The van der Waals surface area contributed by atoms with Gasteiger partial charge >= 0.3 is 6.09 Å². The van der Waals surface area contributed by atoms with Gasteiger partial charge in [0.25, 0.3) is 0 Å². The Balaban J connectivity index is 1.95. The predicted octanol–water partition coefficient (Wildman–Crippen LogP) is 2.13. The Morgan fingerprint density at radius 2 is 2.14 bits per heavy atom. The van der Waals surface area contributed by atoms with Gasteiger partial charge in [0, 0.05) is 44.3 Å². The van der Waals surface area contributed by atoms with Crippen LogP contribution >= 0.6 is 11.5 Å². The monoisotopic (exact) mass is 328 g/mol. The van der Waals surface area contributed by atoms with E-state index in [1.165, 1.54) is 11.5 Å². The molecule has 8 heteroatoms. The fourth-order valence-electron chi connectivity index (χ4n) is 2.28. The molecule has 1 atom stereocenters. The van der Waals surface area contributed by atoms with Gasteiger partial charge in [-0.1, -0.05) is 0 Å². The average Bonchev–Trinajstić information content (AvgIpc) is 2.85. The van der Waals surface area contributed by atoms with Crippen LogP contribution in [0.3, 0.4) is 0 Å². The molecule has 0 spiro atoms. The minimum absolute atomic E-state index is 0.0679. The second-order valence-corrected chi connectivity index (χ2v) is 7.13. The number of rotatable bonds is 3. The number of piperazine rings is 1. The minimum Gasteiger partial charge on any atom is -0.444 e. The first kappa shape index (κ1) is 17.0. The normalized spacial score (nSPS) is 19.4. The smallest absolute Gasteiger partial charge is 0.410 e. The van der Waals surface area contributed by atoms with Crippen LogP contribution < -0.4 is 4.90 Å². The van der Waals surface area contributed by atoms with Crippen molar-refractivity contribution < 1.29 is 14.3 Å². The van der Waals surface area contributed by atoms with Crippen molar-refractivity contribution in [3.8, 4) is 0 Å². The van der Waals surface area contributed by atoms with Crippen LogP contribution in [0.15, 0.2) is 0 Å². The van der Waals surface area contributed by atoms with E-state index in [0.29, 0.717) is 19.0 Å². The molecule has 0 radical (unpaired) electrons. The molecule has 1 amide bonds. The molecule has 0 N–H and O–H groups in total. The van der Waals surface area contributed by atoms with Crippen LogP contribution in [0.1, 0.15) is 33.5 Å². The first-order chi connectivity index (χ1) is 10.3. The maximum absolute atomic E-state index is 12.2. The molecule has 1 aromatic heterocycles. The van der Waals surface area contributed by atoms with Crippen LogP contribution in [-0.2, 0) is 16.1 Å². The van der Waals surface area contributed by atoms with Crippen molar-refractivity contribution in [2.75, 3.05) is 31.6 Å². The number of hydrogen-bond donors (Lipinski definition) is 0. The largest absolute Gasteiger partial charge is 0.444 e. The molecule has 0 aliphatic carbocycles. The molecule has 2 heterocycles. The van der Waals surface area contributed by atoms with Crippen molar-refractivity contribution in [2.45, 2.75) is 45.9 Å². The second kappa shape index (κ2) is 6.78. The number of aromatic nitrogens is 2. The topological polar surface area (TPSA) is 67.8 Å². The van der Waals surface area contributed by atoms with Gasteiger partial charge in [0.2, 0.25) is 5.13 Å². The number of amides is 1. The number of carbonyl (C=O) groups excluding carboxylic acids is 1. The van der Waals surface area contributed by atoms with Crippen LogP contribution in [-0.4, -0.2) is 58.7 Å². The minimum atomic E-state index is -0.470. The molecule has 0 saturated carbocycles. The fraction of sp³-hybridized carbons (Fsp3) is 0.786. The lowest BCUT2D eigenvalue weighted by Crippen LogP contribution is -2.55. The highest BCUT2D eigenvalue weighted by molar-refractivity contribution is 7.09. The summed E-state index contributed by atoms with van der Waals surface area (Å²) in [5.41, 5.74) is -0.470. The van der Waals surface area contributed by atoms with Crippen LogP contribution in [0, 0.1) is 0 Å². The van der Waals surface area contributed by atoms with Gasteiger partial charge in [-0.05, 0) is 27.7 Å². The van der Waals surface area contributed by atoms with Gasteiger partial charge in [0.1, 0.15) is 12.2 Å². The Morgan fingerprint density at radius 3 is 2.73 bits per heavy atom. The standard InChI is InChI=1S/C14H24N4O3S/c1-10-8-17(12-15-11(9-20-5)16-22-12)6-7-18(10)13(19)21-14(2,3)4/h10H,6-9H2,1-5H3/t10-/m1/s1. The van der Waals surface area contributed by atoms with E-state index < -0.39 is 5.60 Å². The van der Waals surface area contributed by atoms with Gasteiger partial charge in [-0.2, -0.15) is 4.37 Å². The summed E-state index contributed by atoms with van der Waals surface area (Å²) in [6, 6.07) is 0.0679. The van der Waals surface area contributed by atoms with Crippen molar-refractivity contribution >= 4 is 22.8 Å². The van der Waals surface area contributed by atoms with Crippen molar-refractivity contribution in [3.63, 3.8) is 0 Å². The van der Waals surface area contributed by atoms with Crippen molar-refractivity contribution in [1.82, 2.24) is 14.3 Å². The van der Waals surface area contributed by atoms with E-state index in [4.69, 9.17) is 9.47 Å². The molecule has 0 unspecified atom stereocenters. The Hall–Kier alpha value is -1.41. The van der Waals surface area contributed by atoms with Crippen LogP contribution in [0.2, 0.25) is 0 Å². The first-order valence-electron chi connectivity index (χ1n) is 7.36. The van der Waals surface area contributed by atoms with E-state index in [-0.39, 0.29) is 12.1 Å². The third-order valence-electron chi connectivity index (χ3n) is 3.26. The molecule has 2 rings (SSSR count). The Kier molecular flexibility index (Phi) is 5.23. The van der Waals surface area contributed by atoms with Gasteiger partial charge < -0.3 is 19.3 Å². The summed E-state index contributed by atoms with van der Waals surface area (Å²) in [7, 11) is 1.63. The summed E-state index contributed by atoms with van der Waals surface area (Å²) in [6.07, 6.45) is -0.253. The fourth-order valence-corrected chi connectivity index (χ4v) is 2.99. The maximum atomic E-state index is 12.2. The van der Waals surface area contributed by atoms with Crippen molar-refractivity contribution in [3.05, 3.63) is 5.82 Å². The number of hydrogen-bond acceptors (Lipinski definition) is 7. The summed E-state index contributed by atoms with van der Waals surface area (Å²) in [4.78, 5) is 20.6. The van der Waals surface area contributed by atoms with E-state index in [1.807, 2.05) is 27.7 Å². The van der Waals surface area contributed by atoms with Crippen LogP contribution in [0.5, 0.6) is 0 Å². The first-order valence-corrected chi connectivity index (χ1v) is 8.13. The quantitative estimate of drug-likeness (QED) is 0.847. The highest BCUT2D eigenvalue weighted by Gasteiger charge is 2.31. The molecule has 1 aliphatic heterocycles. The number of methoxy groups -OCH3 is 1. The van der Waals surface area contributed by atoms with E-state index in [1.54, 1.807) is 12.0 Å². The third kappa shape index (κ3) is 4.30. The second-order valence-electron chi connectivity index (χ2n) is 6.39. The van der Waals surface area contributed by atoms with E-state index >= 15 is 0 Å². The van der Waals surface area contributed by atoms with Gasteiger partial charge in [-0.25, -0.2) is 9.78 Å². The van der Waals surface area contributed by atoms with E-state index in [9.17, 15) is 4.79 Å². The number of nitrogens with zero attached hydrogens (tertiary/aromatic N) is 4. The lowest BCUT2D eigenvalue weighted by atomic mass is 10.2. The van der Waals surface area contributed by atoms with Crippen molar-refractivity contribution in [1.29, 1.82) is 0 Å². The summed E-state index contributed by atoms with van der Waals surface area (Å²) in [5, 5.41) is 0.878. The molecular formula is C14H24N4O3S.